The molecule has 2 aromatic rings. The van der Waals surface area contributed by atoms with E-state index in [1.807, 2.05) is 28.7 Å². The highest BCUT2D eigenvalue weighted by Crippen LogP contribution is 1.98. The van der Waals surface area contributed by atoms with Gasteiger partial charge in [-0.2, -0.15) is 5.10 Å². The molecule has 0 aromatic carbocycles. The number of aryl methyl sites for hydroxylation is 1. The van der Waals surface area contributed by atoms with E-state index < -0.39 is 0 Å². The van der Waals surface area contributed by atoms with Gasteiger partial charge in [-0.1, -0.05) is 0 Å². The maximum Gasteiger partial charge on any atom is 0.264 e. The number of pyridine rings is 1. The first kappa shape index (κ1) is 10.3. The first-order valence-corrected chi connectivity index (χ1v) is 5.44. The van der Waals surface area contributed by atoms with Crippen molar-refractivity contribution in [3.8, 4) is 0 Å². The molecule has 0 fully saturated rings. The van der Waals surface area contributed by atoms with Crippen LogP contribution < -0.4 is 5.56 Å². The van der Waals surface area contributed by atoms with Gasteiger partial charge in [0.05, 0.1) is 10.1 Å². The Morgan fingerprint density at radius 1 is 1.53 bits per heavy atom. The van der Waals surface area contributed by atoms with Crippen LogP contribution in [0.15, 0.2) is 29.5 Å². The van der Waals surface area contributed by atoms with Gasteiger partial charge in [-0.15, -0.1) is 0 Å². The summed E-state index contributed by atoms with van der Waals surface area (Å²) in [5.41, 5.74) is 0.00102. The van der Waals surface area contributed by atoms with Gasteiger partial charge in [-0.3, -0.25) is 9.48 Å². The second kappa shape index (κ2) is 4.13. The Labute approximate surface area is 99.9 Å². The van der Waals surface area contributed by atoms with Crippen LogP contribution in [-0.2, 0) is 13.6 Å². The molecule has 0 aliphatic rings. The molecule has 2 aromatic heterocycles. The Hall–Kier alpha value is -1.18. The van der Waals surface area contributed by atoms with E-state index in [-0.39, 0.29) is 5.56 Å². The molecule has 2 heterocycles. The zero-order valence-electron chi connectivity index (χ0n) is 8.09. The summed E-state index contributed by atoms with van der Waals surface area (Å²) < 4.78 is 3.98. The first-order valence-electron chi connectivity index (χ1n) is 4.36. The van der Waals surface area contributed by atoms with Gasteiger partial charge in [-0.05, 0) is 34.7 Å². The second-order valence-corrected chi connectivity index (χ2v) is 4.25. The number of nitrogens with zero attached hydrogens (tertiary/aromatic N) is 4. The maximum atomic E-state index is 11.7. The van der Waals surface area contributed by atoms with Crippen molar-refractivity contribution in [2.75, 3.05) is 0 Å². The standard InChI is InChI=1S/C9H9IN4O/c1-13-8(11-6-12-13)5-14-4-2-3-7(10)9(14)15/h2-4,6H,5H2,1H3. The SMILES string of the molecule is Cn1ncnc1Cn1cccc(I)c1=O. The minimum atomic E-state index is 0.00102. The van der Waals surface area contributed by atoms with E-state index in [0.29, 0.717) is 10.1 Å². The third-order valence-electron chi connectivity index (χ3n) is 2.09. The molecule has 0 bridgehead atoms. The van der Waals surface area contributed by atoms with Crippen molar-refractivity contribution in [3.63, 3.8) is 0 Å². The van der Waals surface area contributed by atoms with E-state index in [0.717, 1.165) is 5.82 Å². The van der Waals surface area contributed by atoms with Crippen molar-refractivity contribution in [1.82, 2.24) is 19.3 Å². The minimum absolute atomic E-state index is 0.00102. The summed E-state index contributed by atoms with van der Waals surface area (Å²) in [4.78, 5) is 15.8. The summed E-state index contributed by atoms with van der Waals surface area (Å²) in [5.74, 6) is 0.763. The minimum Gasteiger partial charge on any atom is -0.307 e. The summed E-state index contributed by atoms with van der Waals surface area (Å²) in [7, 11) is 1.81. The zero-order chi connectivity index (χ0) is 10.8. The molecule has 0 atom stereocenters. The van der Waals surface area contributed by atoms with Crippen LogP contribution in [0.4, 0.5) is 0 Å². The molecule has 78 valence electrons. The van der Waals surface area contributed by atoms with Crippen molar-refractivity contribution in [3.05, 3.63) is 44.4 Å². The van der Waals surface area contributed by atoms with Crippen LogP contribution in [0, 0.1) is 3.57 Å². The average molecular weight is 316 g/mol. The monoisotopic (exact) mass is 316 g/mol. The van der Waals surface area contributed by atoms with Crippen LogP contribution in [0.3, 0.4) is 0 Å². The van der Waals surface area contributed by atoms with Crippen molar-refractivity contribution in [2.45, 2.75) is 6.54 Å². The van der Waals surface area contributed by atoms with Gasteiger partial charge in [-0.25, -0.2) is 4.98 Å². The van der Waals surface area contributed by atoms with E-state index >= 15 is 0 Å². The summed E-state index contributed by atoms with van der Waals surface area (Å²) >= 11 is 2.02. The smallest absolute Gasteiger partial charge is 0.264 e. The lowest BCUT2D eigenvalue weighted by atomic mass is 10.4. The van der Waals surface area contributed by atoms with Crippen LogP contribution in [-0.4, -0.2) is 19.3 Å². The molecule has 0 aliphatic heterocycles. The lowest BCUT2D eigenvalue weighted by molar-refractivity contribution is 0.639. The third-order valence-corrected chi connectivity index (χ3v) is 2.91. The van der Waals surface area contributed by atoms with E-state index in [9.17, 15) is 4.79 Å². The van der Waals surface area contributed by atoms with Crippen LogP contribution in [0.2, 0.25) is 0 Å². The molecular weight excluding hydrogens is 307 g/mol. The third kappa shape index (κ3) is 2.09. The predicted octanol–water partition coefficient (Wildman–Crippen LogP) is 0.630. The molecule has 5 nitrogen and oxygen atoms in total. The largest absolute Gasteiger partial charge is 0.307 e. The summed E-state index contributed by atoms with van der Waals surface area (Å²) in [5, 5.41) is 3.95. The molecule has 2 rings (SSSR count). The fourth-order valence-electron chi connectivity index (χ4n) is 1.25. The fraction of sp³-hybridized carbons (Fsp3) is 0.222. The number of halogens is 1. The Morgan fingerprint density at radius 2 is 2.33 bits per heavy atom. The van der Waals surface area contributed by atoms with Crippen molar-refractivity contribution in [2.24, 2.45) is 7.05 Å². The normalized spacial score (nSPS) is 10.5. The molecular formula is C9H9IN4O. The highest BCUT2D eigenvalue weighted by Gasteiger charge is 2.04. The molecule has 0 saturated heterocycles. The summed E-state index contributed by atoms with van der Waals surface area (Å²) in [6.07, 6.45) is 3.23. The molecule has 6 heteroatoms. The molecule has 15 heavy (non-hydrogen) atoms. The maximum absolute atomic E-state index is 11.7. The molecule has 0 amide bonds. The Bertz CT molecular complexity index is 531. The number of aromatic nitrogens is 4. The van der Waals surface area contributed by atoms with Crippen molar-refractivity contribution < 1.29 is 0 Å². The van der Waals surface area contributed by atoms with E-state index in [2.05, 4.69) is 10.1 Å². The summed E-state index contributed by atoms with van der Waals surface area (Å²) in [6, 6.07) is 3.63. The molecule has 0 radical (unpaired) electrons. The highest BCUT2D eigenvalue weighted by molar-refractivity contribution is 14.1. The quantitative estimate of drug-likeness (QED) is 0.764. The van der Waals surface area contributed by atoms with E-state index in [1.165, 1.54) is 6.33 Å². The van der Waals surface area contributed by atoms with Crippen molar-refractivity contribution >= 4 is 22.6 Å². The molecule has 0 aliphatic carbocycles. The lowest BCUT2D eigenvalue weighted by Gasteiger charge is -2.04. The van der Waals surface area contributed by atoms with Crippen LogP contribution in [0.5, 0.6) is 0 Å². The Kier molecular flexibility index (Phi) is 2.85. The van der Waals surface area contributed by atoms with Crippen LogP contribution >= 0.6 is 22.6 Å². The van der Waals surface area contributed by atoms with Crippen LogP contribution in [0.1, 0.15) is 5.82 Å². The molecule has 0 saturated carbocycles. The number of hydrogen-bond donors (Lipinski definition) is 0. The number of rotatable bonds is 2. The Morgan fingerprint density at radius 3 is 3.00 bits per heavy atom. The predicted molar refractivity (Wildman–Crippen MR) is 63.5 cm³/mol. The van der Waals surface area contributed by atoms with Gasteiger partial charge in [0.15, 0.2) is 0 Å². The molecule has 0 N–H and O–H groups in total. The van der Waals surface area contributed by atoms with E-state index in [1.54, 1.807) is 28.6 Å². The second-order valence-electron chi connectivity index (χ2n) is 3.09. The fourth-order valence-corrected chi connectivity index (χ4v) is 1.77. The van der Waals surface area contributed by atoms with Gasteiger partial charge in [0.1, 0.15) is 12.2 Å². The van der Waals surface area contributed by atoms with Gasteiger partial charge >= 0.3 is 0 Å². The first-order chi connectivity index (χ1) is 7.18. The molecule has 0 spiro atoms. The van der Waals surface area contributed by atoms with Gasteiger partial charge in [0, 0.05) is 13.2 Å². The van der Waals surface area contributed by atoms with Crippen LogP contribution in [0.25, 0.3) is 0 Å². The number of hydrogen-bond acceptors (Lipinski definition) is 3. The van der Waals surface area contributed by atoms with Gasteiger partial charge < -0.3 is 4.57 Å². The average Bonchev–Trinajstić information content (AvgIpc) is 2.60. The van der Waals surface area contributed by atoms with E-state index in [4.69, 9.17) is 0 Å². The van der Waals surface area contributed by atoms with Gasteiger partial charge in [0.2, 0.25) is 0 Å². The Balaban J connectivity index is 2.37. The molecule has 0 unspecified atom stereocenters. The lowest BCUT2D eigenvalue weighted by Crippen LogP contribution is -2.23. The highest BCUT2D eigenvalue weighted by atomic mass is 127. The summed E-state index contributed by atoms with van der Waals surface area (Å²) in [6.45, 7) is 0.451. The van der Waals surface area contributed by atoms with Crippen molar-refractivity contribution in [1.29, 1.82) is 0 Å². The zero-order valence-corrected chi connectivity index (χ0v) is 10.2. The van der Waals surface area contributed by atoms with Gasteiger partial charge in [0.25, 0.3) is 5.56 Å². The topological polar surface area (TPSA) is 52.7 Å².